The number of carbonyl (C=O) groups is 2. The second-order valence-electron chi connectivity index (χ2n) is 8.82. The van der Waals surface area contributed by atoms with Gasteiger partial charge >= 0.3 is 5.97 Å². The molecule has 0 bridgehead atoms. The minimum absolute atomic E-state index is 0.00459. The zero-order valence-electron chi connectivity index (χ0n) is 18.3. The van der Waals surface area contributed by atoms with Crippen molar-refractivity contribution in [2.24, 2.45) is 11.8 Å². The minimum atomic E-state index is -0.678. The number of amides is 1. The van der Waals surface area contributed by atoms with Gasteiger partial charge in [-0.3, -0.25) is 9.69 Å². The van der Waals surface area contributed by atoms with E-state index in [1.54, 1.807) is 20.5 Å². The molecule has 4 heterocycles. The van der Waals surface area contributed by atoms with Gasteiger partial charge in [0.2, 0.25) is 5.91 Å². The van der Waals surface area contributed by atoms with Gasteiger partial charge in [-0.1, -0.05) is 6.07 Å². The van der Waals surface area contributed by atoms with Gasteiger partial charge in [-0.25, -0.2) is 4.79 Å². The first-order valence-corrected chi connectivity index (χ1v) is 10.7. The maximum atomic E-state index is 13.5. The number of rotatable bonds is 3. The van der Waals surface area contributed by atoms with Gasteiger partial charge < -0.3 is 24.3 Å². The largest absolute Gasteiger partial charge is 0.497 e. The standard InChI is InChI=1S/C23H28N2O6/c1-12-14-10-25-8-7-23(18(25)9-13(14)15(11-31-12)21(26)30-4)16-5-6-17(28-2)20(29-3)19(16)24-22(23)27/h5-6,11-14,18H,7-10H2,1-4H3,(H,24,27)/t12-,13+,14-,18-,23-/m1/s1. The van der Waals surface area contributed by atoms with Crippen LogP contribution >= 0.6 is 0 Å². The van der Waals surface area contributed by atoms with Crippen LogP contribution in [0.4, 0.5) is 5.69 Å². The van der Waals surface area contributed by atoms with Crippen molar-refractivity contribution in [2.45, 2.75) is 37.3 Å². The van der Waals surface area contributed by atoms with E-state index in [0.717, 1.165) is 25.1 Å². The molecular weight excluding hydrogens is 400 g/mol. The van der Waals surface area contributed by atoms with Crippen LogP contribution in [0.1, 0.15) is 25.3 Å². The second kappa shape index (κ2) is 7.15. The highest BCUT2D eigenvalue weighted by Crippen LogP contribution is 2.56. The van der Waals surface area contributed by atoms with E-state index in [0.29, 0.717) is 29.2 Å². The highest BCUT2D eigenvalue weighted by molar-refractivity contribution is 6.09. The van der Waals surface area contributed by atoms with Crippen LogP contribution in [0.3, 0.4) is 0 Å². The maximum absolute atomic E-state index is 13.5. The van der Waals surface area contributed by atoms with Gasteiger partial charge in [0.25, 0.3) is 0 Å². The number of anilines is 1. The molecule has 1 aromatic rings. The molecule has 8 nitrogen and oxygen atoms in total. The monoisotopic (exact) mass is 428 g/mol. The van der Waals surface area contributed by atoms with E-state index in [1.165, 1.54) is 7.11 Å². The third-order valence-corrected chi connectivity index (χ3v) is 7.75. The van der Waals surface area contributed by atoms with Gasteiger partial charge in [0.05, 0.1) is 50.4 Å². The Kier molecular flexibility index (Phi) is 4.66. The Morgan fingerprint density at radius 2 is 2.06 bits per heavy atom. The first-order valence-electron chi connectivity index (χ1n) is 10.7. The van der Waals surface area contributed by atoms with Gasteiger partial charge in [0.1, 0.15) is 0 Å². The molecule has 0 saturated carbocycles. The molecule has 5 rings (SSSR count). The number of esters is 1. The first-order chi connectivity index (χ1) is 15.0. The van der Waals surface area contributed by atoms with E-state index >= 15 is 0 Å². The summed E-state index contributed by atoms with van der Waals surface area (Å²) in [7, 11) is 4.56. The second-order valence-corrected chi connectivity index (χ2v) is 8.82. The number of piperidine rings is 1. The number of nitrogens with one attached hydrogen (secondary N) is 1. The fourth-order valence-corrected chi connectivity index (χ4v) is 6.20. The van der Waals surface area contributed by atoms with Crippen molar-refractivity contribution in [1.29, 1.82) is 0 Å². The van der Waals surface area contributed by atoms with Crippen molar-refractivity contribution >= 4 is 17.6 Å². The Morgan fingerprint density at radius 1 is 1.26 bits per heavy atom. The van der Waals surface area contributed by atoms with Crippen LogP contribution in [-0.2, 0) is 24.5 Å². The molecule has 4 aliphatic heterocycles. The Labute approximate surface area is 181 Å². The molecule has 0 radical (unpaired) electrons. The summed E-state index contributed by atoms with van der Waals surface area (Å²) in [5, 5.41) is 3.08. The molecule has 5 atom stereocenters. The van der Waals surface area contributed by atoms with Gasteiger partial charge in [-0.15, -0.1) is 0 Å². The fraction of sp³-hybridized carbons (Fsp3) is 0.565. The molecule has 0 unspecified atom stereocenters. The van der Waals surface area contributed by atoms with Crippen LogP contribution in [0.5, 0.6) is 11.5 Å². The molecule has 0 aliphatic carbocycles. The van der Waals surface area contributed by atoms with Crippen LogP contribution in [0, 0.1) is 11.8 Å². The van der Waals surface area contributed by atoms with Crippen LogP contribution in [0.25, 0.3) is 0 Å². The number of fused-ring (bicyclic) bond motifs is 5. The number of hydrogen-bond acceptors (Lipinski definition) is 7. The number of methoxy groups -OCH3 is 3. The van der Waals surface area contributed by atoms with Crippen molar-refractivity contribution < 1.29 is 28.5 Å². The van der Waals surface area contributed by atoms with E-state index in [4.69, 9.17) is 18.9 Å². The summed E-state index contributed by atoms with van der Waals surface area (Å²) in [5.74, 6) is 0.941. The summed E-state index contributed by atoms with van der Waals surface area (Å²) in [4.78, 5) is 28.4. The molecule has 1 amide bonds. The lowest BCUT2D eigenvalue weighted by Crippen LogP contribution is -2.56. The van der Waals surface area contributed by atoms with Gasteiger partial charge in [-0.05, 0) is 37.9 Å². The summed E-state index contributed by atoms with van der Waals surface area (Å²) < 4.78 is 21.8. The Balaban J connectivity index is 1.57. The quantitative estimate of drug-likeness (QED) is 0.738. The topological polar surface area (TPSA) is 86.3 Å². The number of carbonyl (C=O) groups excluding carboxylic acids is 2. The lowest BCUT2D eigenvalue weighted by atomic mass is 9.66. The van der Waals surface area contributed by atoms with E-state index in [-0.39, 0.29) is 35.9 Å². The normalized spacial score (nSPS) is 33.5. The number of hydrogen-bond donors (Lipinski definition) is 1. The first kappa shape index (κ1) is 20.2. The molecule has 8 heteroatoms. The van der Waals surface area contributed by atoms with Crippen LogP contribution in [0.15, 0.2) is 24.0 Å². The lowest BCUT2D eigenvalue weighted by molar-refractivity contribution is -0.139. The SMILES string of the molecule is COC(=O)C1=CO[C@H](C)[C@H]2CN3CC[C@]4(C(=O)Nc5c4ccc(OC)c5OC)[C@H]3C[C@H]12. The van der Waals surface area contributed by atoms with Gasteiger partial charge in [-0.2, -0.15) is 0 Å². The number of ether oxygens (including phenoxy) is 4. The molecule has 166 valence electrons. The molecule has 2 saturated heterocycles. The predicted molar refractivity (Wildman–Crippen MR) is 112 cm³/mol. The van der Waals surface area contributed by atoms with Crippen molar-refractivity contribution in [3.63, 3.8) is 0 Å². The van der Waals surface area contributed by atoms with Crippen LogP contribution in [0.2, 0.25) is 0 Å². The zero-order valence-corrected chi connectivity index (χ0v) is 18.3. The third-order valence-electron chi connectivity index (χ3n) is 7.75. The van der Waals surface area contributed by atoms with E-state index in [2.05, 4.69) is 10.2 Å². The molecule has 4 aliphatic rings. The molecule has 2 fully saturated rings. The van der Waals surface area contributed by atoms with Crippen molar-refractivity contribution in [3.8, 4) is 11.5 Å². The Morgan fingerprint density at radius 3 is 2.77 bits per heavy atom. The molecule has 31 heavy (non-hydrogen) atoms. The zero-order chi connectivity index (χ0) is 21.9. The highest BCUT2D eigenvalue weighted by atomic mass is 16.5. The molecule has 1 aromatic carbocycles. The maximum Gasteiger partial charge on any atom is 0.337 e. The molecule has 1 spiro atoms. The summed E-state index contributed by atoms with van der Waals surface area (Å²) in [6, 6.07) is 3.82. The van der Waals surface area contributed by atoms with E-state index in [1.807, 2.05) is 19.1 Å². The molecular formula is C23H28N2O6. The van der Waals surface area contributed by atoms with Crippen molar-refractivity contribution in [1.82, 2.24) is 4.90 Å². The van der Waals surface area contributed by atoms with Crippen molar-refractivity contribution in [3.05, 3.63) is 29.5 Å². The molecule has 0 aromatic heterocycles. The van der Waals surface area contributed by atoms with Gasteiger partial charge in [0, 0.05) is 24.4 Å². The predicted octanol–water partition coefficient (Wildman–Crippen LogP) is 2.08. The highest BCUT2D eigenvalue weighted by Gasteiger charge is 2.61. The van der Waals surface area contributed by atoms with Gasteiger partial charge in [0.15, 0.2) is 11.5 Å². The van der Waals surface area contributed by atoms with Crippen LogP contribution in [-0.4, -0.2) is 63.3 Å². The Hall–Kier alpha value is -2.74. The lowest BCUT2D eigenvalue weighted by Gasteiger charge is -2.48. The van der Waals surface area contributed by atoms with E-state index < -0.39 is 5.41 Å². The number of benzene rings is 1. The van der Waals surface area contributed by atoms with Crippen molar-refractivity contribution in [2.75, 3.05) is 39.7 Å². The smallest absolute Gasteiger partial charge is 0.337 e. The Bertz CT molecular complexity index is 975. The average Bonchev–Trinajstić information content (AvgIpc) is 3.30. The summed E-state index contributed by atoms with van der Waals surface area (Å²) >= 11 is 0. The average molecular weight is 428 g/mol. The summed E-state index contributed by atoms with van der Waals surface area (Å²) in [5.41, 5.74) is 1.53. The third kappa shape index (κ3) is 2.63. The summed E-state index contributed by atoms with van der Waals surface area (Å²) in [6.45, 7) is 3.64. The van der Waals surface area contributed by atoms with Crippen LogP contribution < -0.4 is 14.8 Å². The molecule has 1 N–H and O–H groups in total. The minimum Gasteiger partial charge on any atom is -0.497 e. The number of nitrogens with zero attached hydrogens (tertiary/aromatic N) is 1. The fourth-order valence-electron chi connectivity index (χ4n) is 6.20. The summed E-state index contributed by atoms with van der Waals surface area (Å²) in [6.07, 6.45) is 2.98. The van der Waals surface area contributed by atoms with E-state index in [9.17, 15) is 9.59 Å².